The van der Waals surface area contributed by atoms with Crippen molar-refractivity contribution in [1.82, 2.24) is 0 Å². The summed E-state index contributed by atoms with van der Waals surface area (Å²) < 4.78 is 10.5. The minimum Gasteiger partial charge on any atom is -0.493 e. The minimum atomic E-state index is 0.508. The first-order valence-electron chi connectivity index (χ1n) is 6.71. The molecule has 0 aliphatic heterocycles. The molecular formula is C15H23NO2. The molecule has 0 amide bonds. The summed E-state index contributed by atoms with van der Waals surface area (Å²) in [5.41, 5.74) is 1.10. The Labute approximate surface area is 109 Å². The smallest absolute Gasteiger partial charge is 0.162 e. The molecule has 18 heavy (non-hydrogen) atoms. The topological polar surface area (TPSA) is 30.5 Å². The molecule has 1 aliphatic carbocycles. The number of rotatable bonds is 6. The number of ether oxygens (including phenoxy) is 2. The molecule has 1 unspecified atom stereocenters. The van der Waals surface area contributed by atoms with Crippen LogP contribution in [0.3, 0.4) is 0 Å². The molecule has 1 N–H and O–H groups in total. The summed E-state index contributed by atoms with van der Waals surface area (Å²) in [6, 6.07) is 6.49. The lowest BCUT2D eigenvalue weighted by Gasteiger charge is -2.29. The average Bonchev–Trinajstić information content (AvgIpc) is 2.33. The van der Waals surface area contributed by atoms with Gasteiger partial charge in [-0.2, -0.15) is 0 Å². The van der Waals surface area contributed by atoms with E-state index in [0.29, 0.717) is 6.04 Å². The largest absolute Gasteiger partial charge is 0.493 e. The van der Waals surface area contributed by atoms with E-state index in [9.17, 15) is 0 Å². The second-order valence-electron chi connectivity index (χ2n) is 5.15. The maximum Gasteiger partial charge on any atom is 0.162 e. The van der Waals surface area contributed by atoms with Gasteiger partial charge in [-0.3, -0.25) is 0 Å². The first-order chi connectivity index (χ1) is 8.72. The van der Waals surface area contributed by atoms with Gasteiger partial charge in [-0.1, -0.05) is 19.3 Å². The van der Waals surface area contributed by atoms with Gasteiger partial charge >= 0.3 is 0 Å². The highest BCUT2D eigenvalue weighted by Gasteiger charge is 2.19. The SMILES string of the molecule is COc1ccc(NC(C)CC2CCC2)cc1OC. The van der Waals surface area contributed by atoms with Crippen molar-refractivity contribution < 1.29 is 9.47 Å². The van der Waals surface area contributed by atoms with E-state index in [4.69, 9.17) is 9.47 Å². The fourth-order valence-corrected chi connectivity index (χ4v) is 2.50. The Hall–Kier alpha value is -1.38. The zero-order valence-corrected chi connectivity index (χ0v) is 11.5. The Morgan fingerprint density at radius 3 is 2.50 bits per heavy atom. The number of nitrogens with one attached hydrogen (secondary N) is 1. The molecule has 1 fully saturated rings. The molecule has 0 spiro atoms. The Morgan fingerprint density at radius 1 is 1.22 bits per heavy atom. The summed E-state index contributed by atoms with van der Waals surface area (Å²) >= 11 is 0. The first-order valence-corrected chi connectivity index (χ1v) is 6.71. The quantitative estimate of drug-likeness (QED) is 0.834. The summed E-state index contributed by atoms with van der Waals surface area (Å²) in [4.78, 5) is 0. The van der Waals surface area contributed by atoms with Crippen LogP contribution in [0.2, 0.25) is 0 Å². The molecule has 1 saturated carbocycles. The molecule has 1 aliphatic rings. The highest BCUT2D eigenvalue weighted by Crippen LogP contribution is 2.33. The molecule has 0 aromatic heterocycles. The molecule has 0 saturated heterocycles. The van der Waals surface area contributed by atoms with Crippen molar-refractivity contribution in [2.45, 2.75) is 38.6 Å². The fourth-order valence-electron chi connectivity index (χ4n) is 2.50. The predicted molar refractivity (Wildman–Crippen MR) is 74.6 cm³/mol. The van der Waals surface area contributed by atoms with Gasteiger partial charge in [0.1, 0.15) is 0 Å². The maximum atomic E-state index is 5.31. The summed E-state index contributed by atoms with van der Waals surface area (Å²) in [6.45, 7) is 2.25. The van der Waals surface area contributed by atoms with Gasteiger partial charge in [0.15, 0.2) is 11.5 Å². The van der Waals surface area contributed by atoms with Crippen LogP contribution < -0.4 is 14.8 Å². The van der Waals surface area contributed by atoms with Crippen LogP contribution in [0.4, 0.5) is 5.69 Å². The summed E-state index contributed by atoms with van der Waals surface area (Å²) in [5, 5.41) is 3.53. The molecule has 1 aromatic rings. The van der Waals surface area contributed by atoms with Crippen molar-refractivity contribution in [3.8, 4) is 11.5 Å². The molecule has 0 heterocycles. The van der Waals surface area contributed by atoms with E-state index in [1.807, 2.05) is 18.2 Å². The van der Waals surface area contributed by atoms with Crippen LogP contribution in [0, 0.1) is 5.92 Å². The monoisotopic (exact) mass is 249 g/mol. The van der Waals surface area contributed by atoms with Gasteiger partial charge in [-0.25, -0.2) is 0 Å². The number of methoxy groups -OCH3 is 2. The first kappa shape index (κ1) is 13.1. The number of hydrogen-bond donors (Lipinski definition) is 1. The lowest BCUT2D eigenvalue weighted by Crippen LogP contribution is -2.23. The number of benzene rings is 1. The number of anilines is 1. The molecule has 1 aromatic carbocycles. The molecule has 1 atom stereocenters. The van der Waals surface area contributed by atoms with Gasteiger partial charge in [-0.15, -0.1) is 0 Å². The van der Waals surface area contributed by atoms with E-state index < -0.39 is 0 Å². The average molecular weight is 249 g/mol. The molecule has 3 heteroatoms. The van der Waals surface area contributed by atoms with E-state index >= 15 is 0 Å². The molecule has 0 radical (unpaired) electrons. The summed E-state index contributed by atoms with van der Waals surface area (Å²) in [5.74, 6) is 2.47. The molecule has 2 rings (SSSR count). The van der Waals surface area contributed by atoms with Crippen LogP contribution in [0.1, 0.15) is 32.6 Å². The van der Waals surface area contributed by atoms with Crippen LogP contribution in [0.5, 0.6) is 11.5 Å². The van der Waals surface area contributed by atoms with Crippen LogP contribution in [-0.4, -0.2) is 20.3 Å². The van der Waals surface area contributed by atoms with Crippen molar-refractivity contribution >= 4 is 5.69 Å². The fraction of sp³-hybridized carbons (Fsp3) is 0.600. The van der Waals surface area contributed by atoms with E-state index in [-0.39, 0.29) is 0 Å². The van der Waals surface area contributed by atoms with Crippen molar-refractivity contribution in [3.05, 3.63) is 18.2 Å². The van der Waals surface area contributed by atoms with E-state index in [0.717, 1.165) is 23.1 Å². The minimum absolute atomic E-state index is 0.508. The van der Waals surface area contributed by atoms with Gasteiger partial charge in [0.2, 0.25) is 0 Å². The Balaban J connectivity index is 1.95. The van der Waals surface area contributed by atoms with Gasteiger partial charge in [0, 0.05) is 17.8 Å². The Bertz CT molecular complexity index is 388. The molecular weight excluding hydrogens is 226 g/mol. The van der Waals surface area contributed by atoms with Crippen LogP contribution >= 0.6 is 0 Å². The van der Waals surface area contributed by atoms with Crippen molar-refractivity contribution in [2.24, 2.45) is 5.92 Å². The molecule has 3 nitrogen and oxygen atoms in total. The zero-order valence-electron chi connectivity index (χ0n) is 11.5. The predicted octanol–water partition coefficient (Wildman–Crippen LogP) is 3.69. The van der Waals surface area contributed by atoms with Gasteiger partial charge in [-0.05, 0) is 31.4 Å². The highest BCUT2D eigenvalue weighted by molar-refractivity contribution is 5.55. The lowest BCUT2D eigenvalue weighted by atomic mass is 9.81. The summed E-state index contributed by atoms with van der Waals surface area (Å²) in [6.07, 6.45) is 5.47. The van der Waals surface area contributed by atoms with E-state index in [1.165, 1.54) is 25.7 Å². The van der Waals surface area contributed by atoms with Gasteiger partial charge < -0.3 is 14.8 Å². The summed E-state index contributed by atoms with van der Waals surface area (Å²) in [7, 11) is 3.32. The van der Waals surface area contributed by atoms with Crippen molar-refractivity contribution in [2.75, 3.05) is 19.5 Å². The van der Waals surface area contributed by atoms with Crippen LogP contribution in [0.15, 0.2) is 18.2 Å². The zero-order chi connectivity index (χ0) is 13.0. The van der Waals surface area contributed by atoms with Crippen molar-refractivity contribution in [3.63, 3.8) is 0 Å². The molecule has 100 valence electrons. The third-order valence-electron chi connectivity index (χ3n) is 3.71. The normalized spacial score (nSPS) is 16.8. The van der Waals surface area contributed by atoms with Crippen LogP contribution in [0.25, 0.3) is 0 Å². The second-order valence-corrected chi connectivity index (χ2v) is 5.15. The molecule has 0 bridgehead atoms. The van der Waals surface area contributed by atoms with Crippen molar-refractivity contribution in [1.29, 1.82) is 0 Å². The van der Waals surface area contributed by atoms with E-state index in [1.54, 1.807) is 14.2 Å². The Morgan fingerprint density at radius 2 is 1.94 bits per heavy atom. The van der Waals surface area contributed by atoms with E-state index in [2.05, 4.69) is 12.2 Å². The third kappa shape index (κ3) is 3.09. The van der Waals surface area contributed by atoms with Gasteiger partial charge in [0.05, 0.1) is 14.2 Å². The lowest BCUT2D eigenvalue weighted by molar-refractivity contribution is 0.286. The third-order valence-corrected chi connectivity index (χ3v) is 3.71. The highest BCUT2D eigenvalue weighted by atomic mass is 16.5. The van der Waals surface area contributed by atoms with Gasteiger partial charge in [0.25, 0.3) is 0 Å². The second kappa shape index (κ2) is 5.98. The maximum absolute atomic E-state index is 5.31. The Kier molecular flexibility index (Phi) is 4.34. The van der Waals surface area contributed by atoms with Crippen LogP contribution in [-0.2, 0) is 0 Å². The number of hydrogen-bond acceptors (Lipinski definition) is 3. The standard InChI is InChI=1S/C15H23NO2/c1-11(9-12-5-4-6-12)16-13-7-8-14(17-2)15(10-13)18-3/h7-8,10-12,16H,4-6,9H2,1-3H3.